The number of benzene rings is 1. The van der Waals surface area contributed by atoms with Crippen LogP contribution in [0.1, 0.15) is 175 Å². The van der Waals surface area contributed by atoms with E-state index in [1.54, 1.807) is 25.7 Å². The summed E-state index contributed by atoms with van der Waals surface area (Å²) < 4.78 is 41.0. The van der Waals surface area contributed by atoms with E-state index in [0.717, 1.165) is 65.4 Å². The van der Waals surface area contributed by atoms with Crippen LogP contribution in [-0.2, 0) is 70.1 Å². The summed E-state index contributed by atoms with van der Waals surface area (Å²) in [5, 5.41) is 8.70. The molecule has 1 spiro atoms. The van der Waals surface area contributed by atoms with Gasteiger partial charge in [0.1, 0.15) is 47.8 Å². The lowest BCUT2D eigenvalue weighted by molar-refractivity contribution is -0.156. The molecule has 3 saturated heterocycles. The summed E-state index contributed by atoms with van der Waals surface area (Å²) in [4.78, 5) is 189. The first-order valence-electron chi connectivity index (χ1n) is 35.1. The van der Waals surface area contributed by atoms with Crippen molar-refractivity contribution in [2.24, 2.45) is 23.7 Å². The highest BCUT2D eigenvalue weighted by Gasteiger charge is 2.51. The Hall–Kier alpha value is -7.35. The molecule has 5 fully saturated rings. The SMILES string of the molecule is CC[C@H](C)[C@@H]1NC(=O)[C@H](CC(C)C)N(C)C(=O)C[C@@H](C(=O)N2CCCCC2)N(C)C(=O)[C@H](C(C)C)N(C)C(=O)C2(CCCC2)NC(=O)[C@@H]2CCCN2C(=O)[C@H](CCc2ccc(C(F)(F)F)cc2)NC(=O)CN(C)C(=O)[C@H](CC2CCCCC2)N(C)C(=O)CN(C)C(=O)CN(C)C1=O. The van der Waals surface area contributed by atoms with Crippen LogP contribution in [-0.4, -0.2) is 251 Å². The molecule has 24 nitrogen and oxygen atoms in total. The molecule has 2 saturated carbocycles. The molecule has 6 rings (SSSR count). The second-order valence-corrected chi connectivity index (χ2v) is 28.9. The van der Waals surface area contributed by atoms with E-state index in [1.165, 1.54) is 86.0 Å². The van der Waals surface area contributed by atoms with Gasteiger partial charge in [-0.1, -0.05) is 105 Å². The average Bonchev–Trinajstić information content (AvgIpc) is 1.75. The van der Waals surface area contributed by atoms with Crippen molar-refractivity contribution in [3.05, 3.63) is 35.4 Å². The van der Waals surface area contributed by atoms with Gasteiger partial charge in [0.15, 0.2) is 0 Å². The van der Waals surface area contributed by atoms with Gasteiger partial charge < -0.3 is 60.0 Å². The van der Waals surface area contributed by atoms with E-state index in [4.69, 9.17) is 0 Å². The topological polar surface area (TPSA) is 270 Å². The Bertz CT molecular complexity index is 2970. The van der Waals surface area contributed by atoms with Gasteiger partial charge in [-0.05, 0) is 112 Å². The van der Waals surface area contributed by atoms with Crippen LogP contribution in [0.25, 0.3) is 0 Å². The Labute approximate surface area is 571 Å². The van der Waals surface area contributed by atoms with Gasteiger partial charge in [0, 0.05) is 69.0 Å². The van der Waals surface area contributed by atoms with Crippen LogP contribution in [0.4, 0.5) is 13.2 Å². The first-order chi connectivity index (χ1) is 45.6. The lowest BCUT2D eigenvalue weighted by Crippen LogP contribution is -2.65. The van der Waals surface area contributed by atoms with Gasteiger partial charge in [-0.2, -0.15) is 13.2 Å². The highest BCUT2D eigenvalue weighted by molar-refractivity contribution is 6.00. The zero-order valence-electron chi connectivity index (χ0n) is 59.6. The van der Waals surface area contributed by atoms with Crippen molar-refractivity contribution in [3.8, 4) is 0 Å². The van der Waals surface area contributed by atoms with Crippen LogP contribution in [0.3, 0.4) is 0 Å². The summed E-state index contributed by atoms with van der Waals surface area (Å²) in [6.07, 6.45) is 3.91. The van der Waals surface area contributed by atoms with Gasteiger partial charge in [0.2, 0.25) is 70.9 Å². The number of rotatable bonds is 11. The number of alkyl halides is 3. The van der Waals surface area contributed by atoms with Crippen molar-refractivity contribution in [3.63, 3.8) is 0 Å². The fourth-order valence-corrected chi connectivity index (χ4v) is 14.5. The molecule has 3 N–H and O–H groups in total. The molecule has 2 aliphatic carbocycles. The maximum absolute atomic E-state index is 15.4. The minimum Gasteiger partial charge on any atom is -0.343 e. The zero-order chi connectivity index (χ0) is 72.0. The quantitative estimate of drug-likeness (QED) is 0.269. The van der Waals surface area contributed by atoms with E-state index >= 15 is 14.4 Å². The normalized spacial score (nSPS) is 26.3. The van der Waals surface area contributed by atoms with Crippen molar-refractivity contribution in [1.82, 2.24) is 60.0 Å². The Kier molecular flexibility index (Phi) is 28.3. The van der Waals surface area contributed by atoms with Crippen molar-refractivity contribution < 1.29 is 70.7 Å². The number of nitrogens with one attached hydrogen (secondary N) is 3. The summed E-state index contributed by atoms with van der Waals surface area (Å²) >= 11 is 0. The van der Waals surface area contributed by atoms with Gasteiger partial charge in [-0.3, -0.25) is 57.5 Å². The molecule has 27 heteroatoms. The van der Waals surface area contributed by atoms with E-state index in [2.05, 4.69) is 16.0 Å². The fourth-order valence-electron chi connectivity index (χ4n) is 14.5. The molecule has 1 aromatic rings. The van der Waals surface area contributed by atoms with Crippen LogP contribution in [0.2, 0.25) is 0 Å². The Balaban J connectivity index is 1.41. The number of nitrogens with zero attached hydrogens (tertiary/aromatic N) is 9. The standard InChI is InChI=1S/C70H109F3N12O12/c1-14-46(6)59-66(95)79(9)42-57(88)77(7)43-58(89)81(11)53(39-48-24-17-15-18-25-48)64(93)78(8)41-55(86)74-50(32-29-47-27-30-49(31-28-47)70(71,72)73)63(92)85-37-23-26-51(85)62(91)76-69(33-19-20-34-69)68(97)83(13)60(45(4)5)67(96)82(12)54(65(94)84-35-21-16-22-36-84)40-56(87)80(10)52(38-44(2)3)61(90)75-59/h27-28,30-31,44-46,48,50-54,59-60H,14-26,29,32-43H2,1-13H3,(H,74,86)(H,75,90)(H,76,91)/t46-,50-,51-,52-,53-,54-,59-,60-/m0/s1. The fraction of sp³-hybridized carbons (Fsp3) is 0.743. The van der Waals surface area contributed by atoms with Crippen LogP contribution in [0, 0.1) is 23.7 Å². The van der Waals surface area contributed by atoms with Gasteiger partial charge in [0.05, 0.1) is 31.6 Å². The minimum atomic E-state index is -4.62. The summed E-state index contributed by atoms with van der Waals surface area (Å²) in [7, 11) is 9.89. The van der Waals surface area contributed by atoms with Crippen LogP contribution in [0.5, 0.6) is 0 Å². The number of likely N-dealkylation sites (N-methyl/N-ethyl adjacent to an activating group) is 7. The van der Waals surface area contributed by atoms with E-state index in [1.807, 2.05) is 20.8 Å². The van der Waals surface area contributed by atoms with E-state index < -0.39 is 168 Å². The molecule has 0 radical (unpaired) electrons. The second kappa shape index (κ2) is 34.9. The number of hydrogen-bond acceptors (Lipinski definition) is 12. The third kappa shape index (κ3) is 20.2. The number of likely N-dealkylation sites (tertiary alicyclic amines) is 1. The van der Waals surface area contributed by atoms with E-state index in [-0.39, 0.29) is 63.3 Å². The Morgan fingerprint density at radius 2 is 1.19 bits per heavy atom. The number of piperidine rings is 1. The Morgan fingerprint density at radius 1 is 0.598 bits per heavy atom. The van der Waals surface area contributed by atoms with Gasteiger partial charge in [0.25, 0.3) is 0 Å². The smallest absolute Gasteiger partial charge is 0.343 e. The number of amides is 12. The maximum Gasteiger partial charge on any atom is 0.416 e. The summed E-state index contributed by atoms with van der Waals surface area (Å²) in [6, 6.07) is -4.33. The van der Waals surface area contributed by atoms with Crippen LogP contribution >= 0.6 is 0 Å². The highest BCUT2D eigenvalue weighted by Crippen LogP contribution is 2.35. The number of fused-ring (bicyclic) bond motifs is 1. The van der Waals surface area contributed by atoms with E-state index in [0.29, 0.717) is 57.2 Å². The largest absolute Gasteiger partial charge is 0.416 e. The lowest BCUT2D eigenvalue weighted by atomic mass is 9.84. The molecule has 97 heavy (non-hydrogen) atoms. The zero-order valence-corrected chi connectivity index (χ0v) is 59.6. The number of halogens is 3. The molecule has 12 amide bonds. The molecule has 5 aliphatic rings. The van der Waals surface area contributed by atoms with Crippen LogP contribution in [0.15, 0.2) is 24.3 Å². The van der Waals surface area contributed by atoms with Crippen molar-refractivity contribution in [1.29, 1.82) is 0 Å². The lowest BCUT2D eigenvalue weighted by Gasteiger charge is -2.42. The Morgan fingerprint density at radius 3 is 1.77 bits per heavy atom. The highest BCUT2D eigenvalue weighted by atomic mass is 19.4. The molecule has 542 valence electrons. The summed E-state index contributed by atoms with van der Waals surface area (Å²) in [5.74, 6) is -8.98. The predicted molar refractivity (Wildman–Crippen MR) is 357 cm³/mol. The number of hydrogen-bond donors (Lipinski definition) is 3. The maximum atomic E-state index is 15.4. The molecule has 3 aliphatic heterocycles. The number of aryl methyl sites for hydroxylation is 1. The molecule has 3 heterocycles. The first kappa shape index (κ1) is 78.6. The van der Waals surface area contributed by atoms with Crippen molar-refractivity contribution >= 4 is 70.9 Å². The van der Waals surface area contributed by atoms with E-state index in [9.17, 15) is 56.3 Å². The average molecular weight is 1370 g/mol. The molecular weight excluding hydrogens is 1260 g/mol. The monoisotopic (exact) mass is 1370 g/mol. The summed E-state index contributed by atoms with van der Waals surface area (Å²) in [5.41, 5.74) is -2.04. The molecular formula is C70H109F3N12O12. The van der Waals surface area contributed by atoms with Gasteiger partial charge in [-0.15, -0.1) is 0 Å². The molecule has 8 atom stereocenters. The molecule has 1 aromatic carbocycles. The summed E-state index contributed by atoms with van der Waals surface area (Å²) in [6.45, 7) is 9.93. The number of carbonyl (C=O) groups is 12. The number of carbonyl (C=O) groups excluding carboxylic acids is 12. The molecule has 0 bridgehead atoms. The predicted octanol–water partition coefficient (Wildman–Crippen LogP) is 4.85. The van der Waals surface area contributed by atoms with Gasteiger partial charge >= 0.3 is 6.18 Å². The molecule has 0 aromatic heterocycles. The van der Waals surface area contributed by atoms with Crippen LogP contribution < -0.4 is 16.0 Å². The van der Waals surface area contributed by atoms with Gasteiger partial charge in [-0.25, -0.2) is 0 Å². The second-order valence-electron chi connectivity index (χ2n) is 28.9. The third-order valence-corrected chi connectivity index (χ3v) is 20.8. The third-order valence-electron chi connectivity index (χ3n) is 20.8. The van der Waals surface area contributed by atoms with Crippen molar-refractivity contribution in [2.45, 2.75) is 224 Å². The minimum absolute atomic E-state index is 0.000829. The molecule has 0 unspecified atom stereocenters. The first-order valence-corrected chi connectivity index (χ1v) is 35.1. The van der Waals surface area contributed by atoms with Crippen molar-refractivity contribution in [2.75, 3.05) is 88.6 Å².